The largest absolute Gasteiger partial charge is 0.482 e. The highest BCUT2D eigenvalue weighted by Crippen LogP contribution is 2.37. The van der Waals surface area contributed by atoms with E-state index < -0.39 is 30.2 Å². The van der Waals surface area contributed by atoms with Crippen molar-refractivity contribution in [1.82, 2.24) is 5.32 Å². The van der Waals surface area contributed by atoms with Gasteiger partial charge in [0.25, 0.3) is 0 Å². The first kappa shape index (κ1) is 20.0. The summed E-state index contributed by atoms with van der Waals surface area (Å²) in [6, 6.07) is 0. The Kier molecular flexibility index (Phi) is 6.27. The number of primary amides is 1. The van der Waals surface area contributed by atoms with Gasteiger partial charge in [0, 0.05) is 12.3 Å². The van der Waals surface area contributed by atoms with Crippen LogP contribution >= 0.6 is 0 Å². The molecule has 0 bridgehead atoms. The molecule has 0 aliphatic carbocycles. The van der Waals surface area contributed by atoms with Crippen molar-refractivity contribution >= 4 is 18.9 Å². The van der Waals surface area contributed by atoms with E-state index in [1.807, 2.05) is 34.6 Å². The van der Waals surface area contributed by atoms with Crippen molar-refractivity contribution in [2.24, 2.45) is 17.6 Å². The van der Waals surface area contributed by atoms with Gasteiger partial charge in [0.1, 0.15) is 0 Å². The molecule has 0 aromatic rings. The lowest BCUT2D eigenvalue weighted by Crippen LogP contribution is -2.51. The summed E-state index contributed by atoms with van der Waals surface area (Å²) in [5.74, 6) is -0.924. The van der Waals surface area contributed by atoms with Crippen LogP contribution in [0.3, 0.4) is 0 Å². The summed E-state index contributed by atoms with van der Waals surface area (Å²) >= 11 is 0. The zero-order chi connectivity index (χ0) is 18.0. The number of nitrogens with two attached hydrogens (primary N) is 1. The van der Waals surface area contributed by atoms with E-state index in [1.165, 1.54) is 0 Å². The van der Waals surface area contributed by atoms with Gasteiger partial charge in [-0.05, 0) is 40.0 Å². The molecule has 0 spiro atoms. The van der Waals surface area contributed by atoms with Crippen molar-refractivity contribution in [3.05, 3.63) is 0 Å². The summed E-state index contributed by atoms with van der Waals surface area (Å²) in [5, 5.41) is 2.88. The van der Waals surface area contributed by atoms with E-state index in [0.717, 1.165) is 6.42 Å². The predicted molar refractivity (Wildman–Crippen MR) is 90.4 cm³/mol. The minimum atomic E-state index is -0.692. The zero-order valence-electron chi connectivity index (χ0n) is 15.4. The number of hydrogen-bond acceptors (Lipinski definition) is 4. The van der Waals surface area contributed by atoms with Crippen LogP contribution in [-0.4, -0.2) is 36.1 Å². The summed E-state index contributed by atoms with van der Waals surface area (Å²) in [5.41, 5.74) is 4.28. The predicted octanol–water partition coefficient (Wildman–Crippen LogP) is 1.66. The van der Waals surface area contributed by atoms with E-state index in [-0.39, 0.29) is 18.2 Å². The number of rotatable bonds is 7. The van der Waals surface area contributed by atoms with Crippen LogP contribution in [0.5, 0.6) is 0 Å². The van der Waals surface area contributed by atoms with Crippen LogP contribution in [0.15, 0.2) is 0 Å². The van der Waals surface area contributed by atoms with Crippen molar-refractivity contribution in [3.8, 4) is 0 Å². The molecule has 132 valence electrons. The first-order valence-corrected chi connectivity index (χ1v) is 8.30. The molecule has 1 rings (SSSR count). The molecule has 0 aromatic heterocycles. The fourth-order valence-electron chi connectivity index (χ4n) is 2.62. The van der Waals surface area contributed by atoms with Crippen molar-refractivity contribution in [1.29, 1.82) is 0 Å². The van der Waals surface area contributed by atoms with Gasteiger partial charge in [-0.25, -0.2) is 0 Å². The molecule has 7 heteroatoms. The van der Waals surface area contributed by atoms with Crippen LogP contribution < -0.4 is 11.1 Å². The van der Waals surface area contributed by atoms with Gasteiger partial charge in [-0.3, -0.25) is 9.59 Å². The number of carbonyl (C=O) groups excluding carboxylic acids is 2. The van der Waals surface area contributed by atoms with Gasteiger partial charge < -0.3 is 20.4 Å². The van der Waals surface area contributed by atoms with Crippen LogP contribution in [0.4, 0.5) is 0 Å². The van der Waals surface area contributed by atoms with Crippen LogP contribution in [0, 0.1) is 11.8 Å². The molecule has 6 nitrogen and oxygen atoms in total. The molecule has 1 aliphatic heterocycles. The number of hydrogen-bond donors (Lipinski definition) is 2. The van der Waals surface area contributed by atoms with Crippen LogP contribution in [0.1, 0.15) is 61.3 Å². The molecule has 0 saturated carbocycles. The number of carbonyl (C=O) groups is 2. The third kappa shape index (κ3) is 5.21. The first-order valence-electron chi connectivity index (χ1n) is 8.30. The molecule has 2 amide bonds. The Morgan fingerprint density at radius 2 is 1.57 bits per heavy atom. The molecule has 1 aliphatic rings. The Bertz CT molecular complexity index is 435. The number of nitrogens with one attached hydrogen (secondary N) is 1. The van der Waals surface area contributed by atoms with Crippen LogP contribution in [0.2, 0.25) is 0 Å². The molecule has 23 heavy (non-hydrogen) atoms. The second-order valence-electron chi connectivity index (χ2n) is 7.94. The van der Waals surface area contributed by atoms with Crippen LogP contribution in [0.25, 0.3) is 0 Å². The topological polar surface area (TPSA) is 90.7 Å². The lowest BCUT2D eigenvalue weighted by atomic mass is 9.75. The second-order valence-corrected chi connectivity index (χ2v) is 7.94. The highest BCUT2D eigenvalue weighted by Gasteiger charge is 2.54. The quantitative estimate of drug-likeness (QED) is 0.696. The molecule has 3 N–H and O–H groups in total. The maximum absolute atomic E-state index is 12.4. The Labute approximate surface area is 140 Å². The maximum Gasteiger partial charge on any atom is 0.482 e. The molecule has 1 heterocycles. The average Bonchev–Trinajstić information content (AvgIpc) is 2.56. The van der Waals surface area contributed by atoms with Gasteiger partial charge in [0.15, 0.2) is 0 Å². The Morgan fingerprint density at radius 1 is 1.09 bits per heavy atom. The molecule has 1 fully saturated rings. The van der Waals surface area contributed by atoms with E-state index in [4.69, 9.17) is 15.0 Å². The SMILES string of the molecule is CC(C)CC(C)C(=O)N[C@H](CC(N)=O)B1OC(C)(C)C(C)(C)O1. The Morgan fingerprint density at radius 3 is 1.96 bits per heavy atom. The van der Waals surface area contributed by atoms with E-state index in [0.29, 0.717) is 5.92 Å². The van der Waals surface area contributed by atoms with Crippen LogP contribution in [-0.2, 0) is 18.9 Å². The van der Waals surface area contributed by atoms with Gasteiger partial charge in [-0.1, -0.05) is 20.8 Å². The van der Waals surface area contributed by atoms with Gasteiger partial charge in [-0.2, -0.15) is 0 Å². The maximum atomic E-state index is 12.4. The van der Waals surface area contributed by atoms with E-state index in [2.05, 4.69) is 19.2 Å². The van der Waals surface area contributed by atoms with Crippen molar-refractivity contribution in [2.75, 3.05) is 0 Å². The van der Waals surface area contributed by atoms with Crippen molar-refractivity contribution in [2.45, 2.75) is 78.5 Å². The molecular weight excluding hydrogens is 295 g/mol. The normalized spacial score (nSPS) is 22.0. The summed E-state index contributed by atoms with van der Waals surface area (Å²) in [7, 11) is -0.692. The minimum Gasteiger partial charge on any atom is -0.402 e. The summed E-state index contributed by atoms with van der Waals surface area (Å²) in [4.78, 5) is 23.8. The third-order valence-electron chi connectivity index (χ3n) is 4.62. The fraction of sp³-hybridized carbons (Fsp3) is 0.875. The average molecular weight is 326 g/mol. The number of amides is 2. The lowest BCUT2D eigenvalue weighted by molar-refractivity contribution is -0.125. The van der Waals surface area contributed by atoms with E-state index in [9.17, 15) is 9.59 Å². The molecular formula is C16H31BN2O4. The molecule has 0 radical (unpaired) electrons. The summed E-state index contributed by atoms with van der Waals surface area (Å²) in [6.45, 7) is 13.7. The van der Waals surface area contributed by atoms with E-state index in [1.54, 1.807) is 0 Å². The van der Waals surface area contributed by atoms with Crippen molar-refractivity contribution < 1.29 is 18.9 Å². The zero-order valence-corrected chi connectivity index (χ0v) is 15.4. The lowest BCUT2D eigenvalue weighted by Gasteiger charge is -2.32. The molecule has 1 unspecified atom stereocenters. The molecule has 0 aromatic carbocycles. The standard InChI is InChI=1S/C16H31BN2O4/c1-10(2)8-11(3)14(21)19-12(9-13(18)20)17-22-15(4,5)16(6,7)23-17/h10-12H,8-9H2,1-7H3,(H2,18,20)(H,19,21)/t11?,12-/m1/s1. The van der Waals surface area contributed by atoms with Gasteiger partial charge in [0.2, 0.25) is 11.8 Å². The van der Waals surface area contributed by atoms with Gasteiger partial charge in [0.05, 0.1) is 17.1 Å². The van der Waals surface area contributed by atoms with Gasteiger partial charge in [-0.15, -0.1) is 0 Å². The summed E-state index contributed by atoms with van der Waals surface area (Å²) in [6.07, 6.45) is 0.759. The molecule has 1 saturated heterocycles. The first-order chi connectivity index (χ1) is 10.4. The summed E-state index contributed by atoms with van der Waals surface area (Å²) < 4.78 is 11.9. The third-order valence-corrected chi connectivity index (χ3v) is 4.62. The second kappa shape index (κ2) is 7.22. The fourth-order valence-corrected chi connectivity index (χ4v) is 2.62. The van der Waals surface area contributed by atoms with Crippen molar-refractivity contribution in [3.63, 3.8) is 0 Å². The highest BCUT2D eigenvalue weighted by molar-refractivity contribution is 6.48. The minimum absolute atomic E-state index is 0.0169. The molecule has 2 atom stereocenters. The monoisotopic (exact) mass is 326 g/mol. The van der Waals surface area contributed by atoms with E-state index >= 15 is 0 Å². The Hall–Kier alpha value is -1.08. The Balaban J connectivity index is 2.82. The van der Waals surface area contributed by atoms with Gasteiger partial charge >= 0.3 is 7.12 Å². The highest BCUT2D eigenvalue weighted by atomic mass is 16.7. The smallest absolute Gasteiger partial charge is 0.402 e.